The lowest BCUT2D eigenvalue weighted by Gasteiger charge is -2.03. The number of nitrogens with one attached hydrogen (secondary N) is 2. The molecule has 0 saturated heterocycles. The predicted octanol–water partition coefficient (Wildman–Crippen LogP) is 2.67. The smallest absolute Gasteiger partial charge is 0.251 e. The van der Waals surface area contributed by atoms with E-state index in [9.17, 15) is 9.18 Å². The van der Waals surface area contributed by atoms with Crippen LogP contribution in [0.1, 0.15) is 16.2 Å². The fourth-order valence-corrected chi connectivity index (χ4v) is 2.14. The van der Waals surface area contributed by atoms with Gasteiger partial charge in [-0.2, -0.15) is 0 Å². The summed E-state index contributed by atoms with van der Waals surface area (Å²) in [6.07, 6.45) is 0.564. The maximum Gasteiger partial charge on any atom is 0.251 e. The Hall–Kier alpha value is -2.69. The summed E-state index contributed by atoms with van der Waals surface area (Å²) in [6.45, 7) is 0.468. The minimum atomic E-state index is -0.296. The van der Waals surface area contributed by atoms with Gasteiger partial charge >= 0.3 is 0 Å². The number of rotatable bonds is 4. The third kappa shape index (κ3) is 3.08. The molecule has 2 aromatic carbocycles. The molecule has 0 bridgehead atoms. The first-order chi connectivity index (χ1) is 10.2. The van der Waals surface area contributed by atoms with Crippen molar-refractivity contribution in [3.05, 3.63) is 65.7 Å². The molecule has 0 atom stereocenters. The number of halogens is 1. The van der Waals surface area contributed by atoms with Crippen LogP contribution in [0.15, 0.2) is 48.5 Å². The number of imidazole rings is 1. The summed E-state index contributed by atoms with van der Waals surface area (Å²) in [4.78, 5) is 19.3. The first-order valence-corrected chi connectivity index (χ1v) is 6.70. The molecule has 1 aromatic heterocycles. The van der Waals surface area contributed by atoms with Crippen molar-refractivity contribution < 1.29 is 9.18 Å². The van der Waals surface area contributed by atoms with Gasteiger partial charge in [-0.3, -0.25) is 4.79 Å². The van der Waals surface area contributed by atoms with Crippen molar-refractivity contribution >= 4 is 16.9 Å². The van der Waals surface area contributed by atoms with Gasteiger partial charge in [0.25, 0.3) is 5.91 Å². The normalized spacial score (nSPS) is 10.7. The molecule has 4 nitrogen and oxygen atoms in total. The van der Waals surface area contributed by atoms with Gasteiger partial charge in [-0.15, -0.1) is 0 Å². The van der Waals surface area contributed by atoms with Crippen LogP contribution in [0.25, 0.3) is 11.0 Å². The molecule has 1 heterocycles. The van der Waals surface area contributed by atoms with Crippen molar-refractivity contribution in [3.63, 3.8) is 0 Å². The van der Waals surface area contributed by atoms with Crippen molar-refractivity contribution in [1.29, 1.82) is 0 Å². The quantitative estimate of drug-likeness (QED) is 0.773. The van der Waals surface area contributed by atoms with Gasteiger partial charge < -0.3 is 10.3 Å². The summed E-state index contributed by atoms with van der Waals surface area (Å²) in [7, 11) is 0. The third-order valence-corrected chi connectivity index (χ3v) is 3.18. The highest BCUT2D eigenvalue weighted by Gasteiger charge is 2.06. The molecular formula is C16H14FN3O. The molecule has 21 heavy (non-hydrogen) atoms. The standard InChI is InChI=1S/C16H14FN3O/c17-12-6-7-13-14(10-12)20-15(19-13)8-9-18-16(21)11-4-2-1-3-5-11/h1-7,10H,8-9H2,(H,18,21)(H,19,20). The Morgan fingerprint density at radius 3 is 2.81 bits per heavy atom. The van der Waals surface area contributed by atoms with Crippen LogP contribution in [0.3, 0.4) is 0 Å². The summed E-state index contributed by atoms with van der Waals surface area (Å²) >= 11 is 0. The van der Waals surface area contributed by atoms with Crippen LogP contribution in [-0.2, 0) is 6.42 Å². The monoisotopic (exact) mass is 283 g/mol. The average Bonchev–Trinajstić information content (AvgIpc) is 2.89. The minimum absolute atomic E-state index is 0.113. The lowest BCUT2D eigenvalue weighted by Crippen LogP contribution is -2.25. The lowest BCUT2D eigenvalue weighted by molar-refractivity contribution is 0.0954. The first kappa shape index (κ1) is 13.3. The van der Waals surface area contributed by atoms with E-state index in [1.165, 1.54) is 12.1 Å². The topological polar surface area (TPSA) is 57.8 Å². The Morgan fingerprint density at radius 1 is 1.19 bits per heavy atom. The molecule has 0 aliphatic carbocycles. The molecular weight excluding hydrogens is 269 g/mol. The summed E-state index contributed by atoms with van der Waals surface area (Å²) < 4.78 is 13.1. The van der Waals surface area contributed by atoms with Gasteiger partial charge in [-0.25, -0.2) is 9.37 Å². The van der Waals surface area contributed by atoms with Crippen molar-refractivity contribution in [2.24, 2.45) is 0 Å². The highest BCUT2D eigenvalue weighted by Crippen LogP contribution is 2.12. The summed E-state index contributed by atoms with van der Waals surface area (Å²) in [6, 6.07) is 13.5. The second kappa shape index (κ2) is 5.75. The van der Waals surface area contributed by atoms with E-state index in [0.717, 1.165) is 11.3 Å². The number of H-pyrrole nitrogens is 1. The number of fused-ring (bicyclic) bond motifs is 1. The number of benzene rings is 2. The highest BCUT2D eigenvalue weighted by molar-refractivity contribution is 5.94. The van der Waals surface area contributed by atoms with Crippen LogP contribution in [0.5, 0.6) is 0 Å². The van der Waals surface area contributed by atoms with Gasteiger partial charge in [0.05, 0.1) is 11.0 Å². The predicted molar refractivity (Wildman–Crippen MR) is 78.5 cm³/mol. The molecule has 3 aromatic rings. The largest absolute Gasteiger partial charge is 0.352 e. The molecule has 0 spiro atoms. The fourth-order valence-electron chi connectivity index (χ4n) is 2.14. The number of carbonyl (C=O) groups is 1. The van der Waals surface area contributed by atoms with E-state index in [2.05, 4.69) is 15.3 Å². The van der Waals surface area contributed by atoms with E-state index >= 15 is 0 Å². The number of hydrogen-bond donors (Lipinski definition) is 2. The Bertz CT molecular complexity index is 768. The average molecular weight is 283 g/mol. The molecule has 0 unspecified atom stereocenters. The van der Waals surface area contributed by atoms with E-state index in [4.69, 9.17) is 0 Å². The molecule has 106 valence electrons. The molecule has 0 radical (unpaired) electrons. The maximum atomic E-state index is 13.1. The SMILES string of the molecule is O=C(NCCc1nc2ccc(F)cc2[nH]1)c1ccccc1. The van der Waals surface area contributed by atoms with Crippen LogP contribution in [0.4, 0.5) is 4.39 Å². The molecule has 0 aliphatic rings. The Morgan fingerprint density at radius 2 is 2.00 bits per heavy atom. The second-order valence-electron chi connectivity index (χ2n) is 4.72. The van der Waals surface area contributed by atoms with Crippen LogP contribution < -0.4 is 5.32 Å². The molecule has 3 rings (SSSR count). The van der Waals surface area contributed by atoms with E-state index in [1.807, 2.05) is 18.2 Å². The second-order valence-corrected chi connectivity index (χ2v) is 4.72. The molecule has 0 saturated carbocycles. The Balaban J connectivity index is 1.60. The van der Waals surface area contributed by atoms with Crippen molar-refractivity contribution in [2.45, 2.75) is 6.42 Å². The first-order valence-electron chi connectivity index (χ1n) is 6.70. The summed E-state index contributed by atoms with van der Waals surface area (Å²) in [5.74, 6) is 0.316. The number of hydrogen-bond acceptors (Lipinski definition) is 2. The Labute approximate surface area is 121 Å². The third-order valence-electron chi connectivity index (χ3n) is 3.18. The zero-order chi connectivity index (χ0) is 14.7. The number of aromatic amines is 1. The molecule has 5 heteroatoms. The Kier molecular flexibility index (Phi) is 3.64. The van der Waals surface area contributed by atoms with E-state index in [1.54, 1.807) is 18.2 Å². The van der Waals surface area contributed by atoms with Gasteiger partial charge in [0.15, 0.2) is 0 Å². The van der Waals surface area contributed by atoms with Crippen LogP contribution >= 0.6 is 0 Å². The summed E-state index contributed by atoms with van der Waals surface area (Å²) in [5.41, 5.74) is 2.02. The maximum absolute atomic E-state index is 13.1. The molecule has 0 aliphatic heterocycles. The minimum Gasteiger partial charge on any atom is -0.352 e. The lowest BCUT2D eigenvalue weighted by atomic mass is 10.2. The van der Waals surface area contributed by atoms with Crippen molar-refractivity contribution in [2.75, 3.05) is 6.54 Å². The van der Waals surface area contributed by atoms with Crippen molar-refractivity contribution in [3.8, 4) is 0 Å². The van der Waals surface area contributed by atoms with Crippen LogP contribution in [0, 0.1) is 5.82 Å². The molecule has 1 amide bonds. The highest BCUT2D eigenvalue weighted by atomic mass is 19.1. The number of carbonyl (C=O) groups excluding carboxylic acids is 1. The zero-order valence-corrected chi connectivity index (χ0v) is 11.3. The van der Waals surface area contributed by atoms with E-state index < -0.39 is 0 Å². The van der Waals surface area contributed by atoms with E-state index in [0.29, 0.717) is 24.0 Å². The van der Waals surface area contributed by atoms with E-state index in [-0.39, 0.29) is 11.7 Å². The molecule has 2 N–H and O–H groups in total. The van der Waals surface area contributed by atoms with Crippen LogP contribution in [0.2, 0.25) is 0 Å². The van der Waals surface area contributed by atoms with Crippen molar-refractivity contribution in [1.82, 2.24) is 15.3 Å². The van der Waals surface area contributed by atoms with Crippen LogP contribution in [-0.4, -0.2) is 22.4 Å². The number of aromatic nitrogens is 2. The summed E-state index contributed by atoms with van der Waals surface area (Å²) in [5, 5.41) is 2.83. The fraction of sp³-hybridized carbons (Fsp3) is 0.125. The van der Waals surface area contributed by atoms with Gasteiger partial charge in [0.2, 0.25) is 0 Å². The number of nitrogens with zero attached hydrogens (tertiary/aromatic N) is 1. The van der Waals surface area contributed by atoms with Gasteiger partial charge in [-0.1, -0.05) is 18.2 Å². The van der Waals surface area contributed by atoms with Gasteiger partial charge in [0, 0.05) is 18.5 Å². The van der Waals surface area contributed by atoms with Gasteiger partial charge in [0.1, 0.15) is 11.6 Å². The molecule has 0 fully saturated rings. The van der Waals surface area contributed by atoms with Gasteiger partial charge in [-0.05, 0) is 30.3 Å². The zero-order valence-electron chi connectivity index (χ0n) is 11.3. The number of amides is 1.